The third-order valence-electron chi connectivity index (χ3n) is 5.91. The molecule has 0 fully saturated rings. The predicted molar refractivity (Wildman–Crippen MR) is 123 cm³/mol. The van der Waals surface area contributed by atoms with Gasteiger partial charge in [-0.15, -0.1) is 0 Å². The van der Waals surface area contributed by atoms with Crippen molar-refractivity contribution in [2.24, 2.45) is 0 Å². The van der Waals surface area contributed by atoms with Crippen molar-refractivity contribution >= 4 is 47.8 Å². The van der Waals surface area contributed by atoms with E-state index in [1.807, 2.05) is 0 Å². The van der Waals surface area contributed by atoms with Crippen LogP contribution in [0.1, 0.15) is 0 Å². The highest BCUT2D eigenvalue weighted by Gasteiger charge is 2.35. The molecule has 0 atom stereocenters. The third kappa shape index (κ3) is 3.01. The maximum atomic E-state index is 5.62. The summed E-state index contributed by atoms with van der Waals surface area (Å²) in [6.07, 6.45) is 0. The van der Waals surface area contributed by atoms with Gasteiger partial charge in [0.25, 0.3) is 0 Å². The van der Waals surface area contributed by atoms with Crippen molar-refractivity contribution in [1.29, 1.82) is 0 Å². The average molecular weight is 386 g/mol. The van der Waals surface area contributed by atoms with Crippen molar-refractivity contribution in [2.75, 3.05) is 7.11 Å². The zero-order valence-corrected chi connectivity index (χ0v) is 18.4. The van der Waals surface area contributed by atoms with E-state index in [1.54, 1.807) is 17.5 Å². The van der Waals surface area contributed by atoms with Crippen LogP contribution in [-0.2, 0) is 0 Å². The molecule has 0 saturated heterocycles. The minimum Gasteiger partial charge on any atom is -0.496 e. The van der Waals surface area contributed by atoms with E-state index in [-0.39, 0.29) is 0 Å². The fourth-order valence-corrected chi connectivity index (χ4v) is 12.1. The molecule has 0 aliphatic heterocycles. The van der Waals surface area contributed by atoms with Gasteiger partial charge in [0.2, 0.25) is 0 Å². The van der Waals surface area contributed by atoms with Gasteiger partial charge in [-0.2, -0.15) is 0 Å². The Hall–Kier alpha value is -2.37. The summed E-state index contributed by atoms with van der Waals surface area (Å²) in [5, 5.41) is 8.47. The molecule has 4 rings (SSSR count). The molecule has 0 aromatic heterocycles. The van der Waals surface area contributed by atoms with E-state index in [1.165, 1.54) is 21.5 Å². The molecule has 0 spiro atoms. The van der Waals surface area contributed by atoms with Crippen molar-refractivity contribution in [3.05, 3.63) is 78.9 Å². The number of methoxy groups -OCH3 is 1. The van der Waals surface area contributed by atoms with Crippen LogP contribution in [0.25, 0.3) is 21.5 Å². The molecule has 0 heterocycles. The first kappa shape index (κ1) is 18.0. The van der Waals surface area contributed by atoms with E-state index in [9.17, 15) is 0 Å². The van der Waals surface area contributed by atoms with Gasteiger partial charge in [-0.05, 0) is 22.2 Å². The second kappa shape index (κ2) is 6.98. The van der Waals surface area contributed by atoms with Gasteiger partial charge < -0.3 is 4.74 Å². The van der Waals surface area contributed by atoms with Crippen LogP contribution in [0, 0.1) is 0 Å². The standard InChI is InChI=1S/C24H25OSi2/c1-25-22-16-17-24(21-14-8-7-13-20(21)22)27(3,4)26(2)23-15-9-11-18-10-5-6-12-19(18)23/h5-17H,1-4H3. The van der Waals surface area contributed by atoms with Crippen LogP contribution in [0.5, 0.6) is 5.75 Å². The quantitative estimate of drug-likeness (QED) is 0.448. The zero-order chi connectivity index (χ0) is 19.0. The summed E-state index contributed by atoms with van der Waals surface area (Å²) in [5.41, 5.74) is 0. The molecular weight excluding hydrogens is 360 g/mol. The van der Waals surface area contributed by atoms with Crippen molar-refractivity contribution in [3.8, 4) is 5.75 Å². The van der Waals surface area contributed by atoms with E-state index in [2.05, 4.69) is 98.5 Å². The van der Waals surface area contributed by atoms with Crippen molar-refractivity contribution in [2.45, 2.75) is 19.6 Å². The summed E-state index contributed by atoms with van der Waals surface area (Å²) in [4.78, 5) is 0. The molecule has 0 unspecified atom stereocenters. The van der Waals surface area contributed by atoms with E-state index < -0.39 is 15.9 Å². The summed E-state index contributed by atoms with van der Waals surface area (Å²) in [6.45, 7) is 7.59. The second-order valence-electron chi connectivity index (χ2n) is 7.64. The number of hydrogen-bond donors (Lipinski definition) is 0. The number of rotatable bonds is 4. The molecule has 1 radical (unpaired) electrons. The van der Waals surface area contributed by atoms with Gasteiger partial charge in [0, 0.05) is 5.39 Å². The van der Waals surface area contributed by atoms with Gasteiger partial charge >= 0.3 is 0 Å². The molecule has 4 aromatic rings. The molecule has 1 nitrogen and oxygen atoms in total. The molecule has 27 heavy (non-hydrogen) atoms. The summed E-state index contributed by atoms with van der Waals surface area (Å²) in [5.74, 6) is 0.967. The molecule has 0 amide bonds. The lowest BCUT2D eigenvalue weighted by Gasteiger charge is -2.31. The molecule has 0 aliphatic rings. The molecule has 3 heteroatoms. The summed E-state index contributed by atoms with van der Waals surface area (Å²) >= 11 is 0. The lowest BCUT2D eigenvalue weighted by Crippen LogP contribution is -2.60. The normalized spacial score (nSPS) is 12.0. The number of hydrogen-bond acceptors (Lipinski definition) is 1. The van der Waals surface area contributed by atoms with Gasteiger partial charge in [-0.1, -0.05) is 103 Å². The summed E-state index contributed by atoms with van der Waals surface area (Å²) in [6, 6.07) is 28.8. The van der Waals surface area contributed by atoms with Crippen LogP contribution in [-0.4, -0.2) is 23.0 Å². The SMILES string of the molecule is COc1ccc([Si](C)(C)[Si](C)c2cccc3ccccc23)c2ccccc12. The van der Waals surface area contributed by atoms with Gasteiger partial charge in [-0.3, -0.25) is 0 Å². The highest BCUT2D eigenvalue weighted by atomic mass is 29.2. The van der Waals surface area contributed by atoms with Crippen LogP contribution < -0.4 is 15.1 Å². The maximum Gasteiger partial charge on any atom is 0.126 e. The first-order chi connectivity index (χ1) is 13.0. The Balaban J connectivity index is 1.90. The average Bonchev–Trinajstić information content (AvgIpc) is 2.71. The molecular formula is C24H25OSi2. The zero-order valence-electron chi connectivity index (χ0n) is 16.4. The summed E-state index contributed by atoms with van der Waals surface area (Å²) < 4.78 is 5.62. The maximum absolute atomic E-state index is 5.62. The third-order valence-corrected chi connectivity index (χ3v) is 18.1. The smallest absolute Gasteiger partial charge is 0.126 e. The fourth-order valence-electron chi connectivity index (χ4n) is 4.09. The van der Waals surface area contributed by atoms with E-state index in [4.69, 9.17) is 4.74 Å². The van der Waals surface area contributed by atoms with Crippen LogP contribution in [0.4, 0.5) is 0 Å². The first-order valence-corrected chi connectivity index (χ1v) is 15.4. The van der Waals surface area contributed by atoms with Gasteiger partial charge in [0.05, 0.1) is 23.0 Å². The highest BCUT2D eigenvalue weighted by molar-refractivity contribution is 7.42. The largest absolute Gasteiger partial charge is 0.496 e. The lowest BCUT2D eigenvalue weighted by atomic mass is 10.1. The van der Waals surface area contributed by atoms with Crippen molar-refractivity contribution in [3.63, 3.8) is 0 Å². The van der Waals surface area contributed by atoms with Crippen molar-refractivity contribution < 1.29 is 4.74 Å². The topological polar surface area (TPSA) is 9.23 Å². The predicted octanol–water partition coefficient (Wildman–Crippen LogP) is 5.03. The Bertz CT molecular complexity index is 1110. The highest BCUT2D eigenvalue weighted by Crippen LogP contribution is 2.26. The minimum absolute atomic E-state index is 0.732. The van der Waals surface area contributed by atoms with E-state index >= 15 is 0 Å². The molecule has 0 saturated carbocycles. The molecule has 4 aromatic carbocycles. The number of benzene rings is 4. The molecule has 0 aliphatic carbocycles. The second-order valence-corrected chi connectivity index (χ2v) is 19.2. The monoisotopic (exact) mass is 385 g/mol. The molecule has 135 valence electrons. The first-order valence-electron chi connectivity index (χ1n) is 9.42. The Labute approximate surface area is 164 Å². The summed E-state index contributed by atoms with van der Waals surface area (Å²) in [7, 11) is -0.668. The van der Waals surface area contributed by atoms with E-state index in [0.717, 1.165) is 5.75 Å². The van der Waals surface area contributed by atoms with Gasteiger partial charge in [0.1, 0.15) is 5.75 Å². The van der Waals surface area contributed by atoms with Gasteiger partial charge in [-0.25, -0.2) is 0 Å². The Kier molecular flexibility index (Phi) is 4.66. The minimum atomic E-state index is -1.69. The Morgan fingerprint density at radius 3 is 2.07 bits per heavy atom. The molecule has 0 bridgehead atoms. The van der Waals surface area contributed by atoms with Crippen LogP contribution in [0.3, 0.4) is 0 Å². The van der Waals surface area contributed by atoms with Crippen LogP contribution in [0.15, 0.2) is 78.9 Å². The van der Waals surface area contributed by atoms with Crippen LogP contribution >= 0.6 is 0 Å². The Morgan fingerprint density at radius 1 is 0.704 bits per heavy atom. The van der Waals surface area contributed by atoms with E-state index in [0.29, 0.717) is 0 Å². The number of fused-ring (bicyclic) bond motifs is 2. The fraction of sp³-hybridized carbons (Fsp3) is 0.167. The lowest BCUT2D eigenvalue weighted by molar-refractivity contribution is 0.420. The van der Waals surface area contributed by atoms with Crippen LogP contribution in [0.2, 0.25) is 19.6 Å². The van der Waals surface area contributed by atoms with Gasteiger partial charge in [0.15, 0.2) is 0 Å². The molecule has 0 N–H and O–H groups in total. The van der Waals surface area contributed by atoms with Crippen molar-refractivity contribution in [1.82, 2.24) is 0 Å². The number of ether oxygens (including phenoxy) is 1. The Morgan fingerprint density at radius 2 is 1.33 bits per heavy atom.